The second-order valence-corrected chi connectivity index (χ2v) is 5.84. The van der Waals surface area contributed by atoms with Crippen molar-refractivity contribution in [3.63, 3.8) is 0 Å². The van der Waals surface area contributed by atoms with E-state index in [1.54, 1.807) is 11.0 Å². The average Bonchev–Trinajstić information content (AvgIpc) is 2.86. The molecule has 3 rings (SSSR count). The number of hydrogen-bond donors (Lipinski definition) is 0. The Morgan fingerprint density at radius 2 is 1.92 bits per heavy atom. The van der Waals surface area contributed by atoms with Crippen LogP contribution in [-0.2, 0) is 20.5 Å². The number of cyclic esters (lactones) is 1. The second kappa shape index (κ2) is 6.33. The first-order chi connectivity index (χ1) is 11.4. The minimum absolute atomic E-state index is 0.153. The van der Waals surface area contributed by atoms with Crippen LogP contribution in [0.2, 0.25) is 0 Å². The van der Waals surface area contributed by atoms with Crippen molar-refractivity contribution in [1.29, 1.82) is 0 Å². The van der Waals surface area contributed by atoms with Crippen molar-refractivity contribution >= 4 is 17.6 Å². The summed E-state index contributed by atoms with van der Waals surface area (Å²) in [7, 11) is 0. The maximum absolute atomic E-state index is 12.9. The molecule has 24 heavy (non-hydrogen) atoms. The van der Waals surface area contributed by atoms with Crippen molar-refractivity contribution in [3.8, 4) is 0 Å². The quantitative estimate of drug-likeness (QED) is 0.772. The van der Waals surface area contributed by atoms with Crippen molar-refractivity contribution in [3.05, 3.63) is 29.8 Å². The van der Waals surface area contributed by atoms with E-state index in [1.807, 2.05) is 0 Å². The predicted octanol–water partition coefficient (Wildman–Crippen LogP) is 2.06. The molecule has 0 unspecified atom stereocenters. The molecule has 0 saturated carbocycles. The number of ether oxygens (including phenoxy) is 1. The highest BCUT2D eigenvalue weighted by molar-refractivity contribution is 5.86. The smallest absolute Gasteiger partial charge is 0.416 e. The van der Waals surface area contributed by atoms with Crippen LogP contribution < -0.4 is 4.90 Å². The molecule has 2 saturated heterocycles. The molecular weight excluding hydrogens is 325 g/mol. The highest BCUT2D eigenvalue weighted by Gasteiger charge is 2.36. The number of benzene rings is 1. The zero-order valence-corrected chi connectivity index (χ0v) is 12.9. The number of carbonyl (C=O) groups excluding carboxylic acids is 2. The predicted molar refractivity (Wildman–Crippen MR) is 79.4 cm³/mol. The number of nitrogens with zero attached hydrogens (tertiary/aromatic N) is 2. The summed E-state index contributed by atoms with van der Waals surface area (Å²) in [6.07, 6.45) is -3.79. The van der Waals surface area contributed by atoms with Gasteiger partial charge in [-0.1, -0.05) is 6.07 Å². The Morgan fingerprint density at radius 3 is 2.58 bits per heavy atom. The van der Waals surface area contributed by atoms with Crippen molar-refractivity contribution < 1.29 is 27.5 Å². The van der Waals surface area contributed by atoms with E-state index in [0.29, 0.717) is 31.8 Å². The first-order valence-corrected chi connectivity index (χ1v) is 7.74. The third-order valence-electron chi connectivity index (χ3n) is 4.35. The summed E-state index contributed by atoms with van der Waals surface area (Å²) in [5, 5.41) is 0. The fraction of sp³-hybridized carbons (Fsp3) is 0.500. The normalized spacial score (nSPS) is 22.5. The van der Waals surface area contributed by atoms with Gasteiger partial charge in [-0.2, -0.15) is 13.2 Å². The van der Waals surface area contributed by atoms with Gasteiger partial charge in [-0.15, -0.1) is 0 Å². The summed E-state index contributed by atoms with van der Waals surface area (Å²) in [6, 6.07) is 4.49. The molecule has 0 N–H and O–H groups in total. The van der Waals surface area contributed by atoms with E-state index in [9.17, 15) is 22.8 Å². The monoisotopic (exact) mass is 342 g/mol. The van der Waals surface area contributed by atoms with E-state index in [0.717, 1.165) is 12.1 Å². The molecule has 2 heterocycles. The maximum Gasteiger partial charge on any atom is 0.416 e. The van der Waals surface area contributed by atoms with Gasteiger partial charge in [0.15, 0.2) is 0 Å². The number of alkyl halides is 3. The van der Waals surface area contributed by atoms with E-state index < -0.39 is 23.8 Å². The van der Waals surface area contributed by atoms with E-state index in [2.05, 4.69) is 0 Å². The van der Waals surface area contributed by atoms with Gasteiger partial charge in [0, 0.05) is 38.2 Å². The van der Waals surface area contributed by atoms with E-state index in [4.69, 9.17) is 4.74 Å². The first kappa shape index (κ1) is 16.6. The van der Waals surface area contributed by atoms with Gasteiger partial charge in [0.25, 0.3) is 0 Å². The Morgan fingerprint density at radius 1 is 1.12 bits per heavy atom. The molecular formula is C16H17F3N2O3. The molecule has 0 radical (unpaired) electrons. The van der Waals surface area contributed by atoms with Crippen molar-refractivity contribution in [1.82, 2.24) is 4.90 Å². The number of esters is 1. The van der Waals surface area contributed by atoms with Crippen LogP contribution in [0, 0.1) is 0 Å². The largest absolute Gasteiger partial charge is 0.464 e. The van der Waals surface area contributed by atoms with Gasteiger partial charge < -0.3 is 14.5 Å². The van der Waals surface area contributed by atoms with Crippen LogP contribution in [0.4, 0.5) is 18.9 Å². The molecule has 1 aromatic rings. The van der Waals surface area contributed by atoms with Gasteiger partial charge in [0.1, 0.15) is 6.04 Å². The van der Waals surface area contributed by atoms with Crippen molar-refractivity contribution in [2.45, 2.75) is 25.1 Å². The SMILES string of the molecule is O=C1OCC[C@@H]1N1CCN(c2cccc(C(F)(F)F)c2)CCC1=O. The Bertz CT molecular complexity index is 648. The van der Waals surface area contributed by atoms with Crippen LogP contribution in [0.5, 0.6) is 0 Å². The lowest BCUT2D eigenvalue weighted by molar-refractivity contribution is -0.147. The second-order valence-electron chi connectivity index (χ2n) is 5.84. The molecule has 8 heteroatoms. The Hall–Kier alpha value is -2.25. The molecule has 1 aromatic carbocycles. The number of rotatable bonds is 2. The van der Waals surface area contributed by atoms with Crippen molar-refractivity contribution in [2.75, 3.05) is 31.1 Å². The number of hydrogen-bond acceptors (Lipinski definition) is 4. The Kier molecular flexibility index (Phi) is 4.38. The van der Waals surface area contributed by atoms with E-state index >= 15 is 0 Å². The number of carbonyl (C=O) groups is 2. The summed E-state index contributed by atoms with van der Waals surface area (Å²) >= 11 is 0. The molecule has 5 nitrogen and oxygen atoms in total. The van der Waals surface area contributed by atoms with Gasteiger partial charge >= 0.3 is 12.1 Å². The molecule has 2 aliphatic heterocycles. The first-order valence-electron chi connectivity index (χ1n) is 7.74. The standard InChI is InChI=1S/C16H17F3N2O3/c17-16(18,19)11-2-1-3-12(10-11)20-6-4-14(22)21(8-7-20)13-5-9-24-15(13)23/h1-3,10,13H,4-9H2/t13-/m0/s1. The fourth-order valence-electron chi connectivity index (χ4n) is 3.07. The third kappa shape index (κ3) is 3.32. The Balaban J connectivity index is 1.76. The highest BCUT2D eigenvalue weighted by Crippen LogP contribution is 2.32. The summed E-state index contributed by atoms with van der Waals surface area (Å²) in [6.45, 7) is 1.27. The lowest BCUT2D eigenvalue weighted by Crippen LogP contribution is -2.44. The highest BCUT2D eigenvalue weighted by atomic mass is 19.4. The topological polar surface area (TPSA) is 49.9 Å². The molecule has 130 valence electrons. The van der Waals surface area contributed by atoms with E-state index in [1.165, 1.54) is 11.0 Å². The fourth-order valence-corrected chi connectivity index (χ4v) is 3.07. The molecule has 0 aliphatic carbocycles. The average molecular weight is 342 g/mol. The van der Waals surface area contributed by atoms with Gasteiger partial charge in [-0.25, -0.2) is 4.79 Å². The van der Waals surface area contributed by atoms with Crippen LogP contribution in [0.3, 0.4) is 0 Å². The summed E-state index contributed by atoms with van der Waals surface area (Å²) in [5.41, 5.74) is -0.291. The summed E-state index contributed by atoms with van der Waals surface area (Å²) in [4.78, 5) is 27.2. The van der Waals surface area contributed by atoms with Gasteiger partial charge in [-0.3, -0.25) is 4.79 Å². The number of anilines is 1. The van der Waals surface area contributed by atoms with Crippen LogP contribution in [0.1, 0.15) is 18.4 Å². The third-order valence-corrected chi connectivity index (χ3v) is 4.35. The molecule has 1 amide bonds. The molecule has 0 spiro atoms. The molecule has 0 bridgehead atoms. The molecule has 1 atom stereocenters. The molecule has 2 aliphatic rings. The molecule has 2 fully saturated rings. The van der Waals surface area contributed by atoms with Gasteiger partial charge in [-0.05, 0) is 18.2 Å². The van der Waals surface area contributed by atoms with Crippen LogP contribution in [-0.4, -0.2) is 49.1 Å². The van der Waals surface area contributed by atoms with Gasteiger partial charge in [0.05, 0.1) is 12.2 Å². The lowest BCUT2D eigenvalue weighted by Gasteiger charge is -2.26. The zero-order chi connectivity index (χ0) is 17.3. The zero-order valence-electron chi connectivity index (χ0n) is 12.9. The minimum atomic E-state index is -4.41. The van der Waals surface area contributed by atoms with Crippen molar-refractivity contribution in [2.24, 2.45) is 0 Å². The maximum atomic E-state index is 12.9. The van der Waals surface area contributed by atoms with Gasteiger partial charge in [0.2, 0.25) is 5.91 Å². The summed E-state index contributed by atoms with van der Waals surface area (Å²) in [5.74, 6) is -0.579. The number of amides is 1. The minimum Gasteiger partial charge on any atom is -0.464 e. The van der Waals surface area contributed by atoms with Crippen LogP contribution in [0.25, 0.3) is 0 Å². The van der Waals surface area contributed by atoms with Crippen LogP contribution >= 0.6 is 0 Å². The lowest BCUT2D eigenvalue weighted by atomic mass is 10.1. The van der Waals surface area contributed by atoms with E-state index in [-0.39, 0.29) is 18.9 Å². The van der Waals surface area contributed by atoms with Crippen LogP contribution in [0.15, 0.2) is 24.3 Å². The number of halogens is 3. The summed E-state index contributed by atoms with van der Waals surface area (Å²) < 4.78 is 43.5. The Labute approximate surface area is 137 Å². The molecule has 0 aromatic heterocycles.